The Morgan fingerprint density at radius 3 is 1.42 bits per heavy atom. The second kappa shape index (κ2) is 8.47. The molecular formula is C19H24N2O3. The topological polar surface area (TPSA) is 81.6 Å². The van der Waals surface area contributed by atoms with Crippen molar-refractivity contribution in [1.82, 2.24) is 10.6 Å². The Morgan fingerprint density at radius 2 is 1.12 bits per heavy atom. The number of nitrogens with one attached hydrogen (secondary N) is 2. The molecule has 0 spiro atoms. The summed E-state index contributed by atoms with van der Waals surface area (Å²) in [6.07, 6.45) is 0. The molecule has 0 heterocycles. The van der Waals surface area contributed by atoms with Crippen LogP contribution in [0.1, 0.15) is 23.0 Å². The van der Waals surface area contributed by atoms with Crippen LogP contribution >= 0.6 is 0 Å². The van der Waals surface area contributed by atoms with E-state index in [-0.39, 0.29) is 29.1 Å². The Bertz CT molecular complexity index is 596. The lowest BCUT2D eigenvalue weighted by Gasteiger charge is -2.23. The van der Waals surface area contributed by atoms with E-state index in [1.165, 1.54) is 0 Å². The normalized spacial score (nSPS) is 13.4. The number of hydrogen-bond acceptors (Lipinski definition) is 5. The molecule has 128 valence electrons. The molecule has 0 saturated heterocycles. The van der Waals surface area contributed by atoms with E-state index in [0.29, 0.717) is 13.1 Å². The second-order valence-electron chi connectivity index (χ2n) is 5.81. The van der Waals surface area contributed by atoms with Crippen LogP contribution in [0.25, 0.3) is 0 Å². The SMILES string of the molecule is CNCC(C(=O)C(CNC)c1ccc(O)cc1)c1ccc(O)cc1. The predicted octanol–water partition coefficient (Wildman–Crippen LogP) is 1.97. The summed E-state index contributed by atoms with van der Waals surface area (Å²) < 4.78 is 0. The zero-order valence-corrected chi connectivity index (χ0v) is 14.0. The van der Waals surface area contributed by atoms with Gasteiger partial charge in [0.2, 0.25) is 0 Å². The van der Waals surface area contributed by atoms with Crippen molar-refractivity contribution in [3.8, 4) is 11.5 Å². The molecule has 0 saturated carbocycles. The summed E-state index contributed by atoms with van der Waals surface area (Å²) >= 11 is 0. The van der Waals surface area contributed by atoms with Gasteiger partial charge < -0.3 is 20.8 Å². The number of carbonyl (C=O) groups excluding carboxylic acids is 1. The predicted molar refractivity (Wildman–Crippen MR) is 94.6 cm³/mol. The van der Waals surface area contributed by atoms with Gasteiger partial charge in [-0.3, -0.25) is 4.79 Å². The number of rotatable bonds is 8. The molecule has 5 heteroatoms. The van der Waals surface area contributed by atoms with E-state index in [2.05, 4.69) is 10.6 Å². The molecular weight excluding hydrogens is 304 g/mol. The van der Waals surface area contributed by atoms with Crippen molar-refractivity contribution in [2.75, 3.05) is 27.2 Å². The molecule has 5 nitrogen and oxygen atoms in total. The highest BCUT2D eigenvalue weighted by atomic mass is 16.3. The summed E-state index contributed by atoms with van der Waals surface area (Å²) in [5, 5.41) is 25.1. The first kappa shape index (κ1) is 18.0. The summed E-state index contributed by atoms with van der Waals surface area (Å²) in [5.74, 6) is -0.181. The molecule has 0 aliphatic heterocycles. The largest absolute Gasteiger partial charge is 0.508 e. The van der Waals surface area contributed by atoms with Crippen LogP contribution in [-0.4, -0.2) is 43.2 Å². The average molecular weight is 328 g/mol. The number of likely N-dealkylation sites (N-methyl/N-ethyl adjacent to an activating group) is 2. The zero-order chi connectivity index (χ0) is 17.5. The number of ketones is 1. The molecule has 0 aromatic heterocycles. The van der Waals surface area contributed by atoms with Gasteiger partial charge in [-0.05, 0) is 49.5 Å². The molecule has 0 aliphatic carbocycles. The third-order valence-corrected chi connectivity index (χ3v) is 4.09. The smallest absolute Gasteiger partial charge is 0.150 e. The van der Waals surface area contributed by atoms with Gasteiger partial charge in [0, 0.05) is 13.1 Å². The number of benzene rings is 2. The molecule has 2 aromatic rings. The fourth-order valence-electron chi connectivity index (χ4n) is 2.83. The van der Waals surface area contributed by atoms with Crippen LogP contribution in [0.2, 0.25) is 0 Å². The first-order chi connectivity index (χ1) is 11.6. The highest BCUT2D eigenvalue weighted by molar-refractivity contribution is 5.92. The Hall–Kier alpha value is -2.37. The minimum absolute atomic E-state index is 0.0927. The van der Waals surface area contributed by atoms with E-state index in [1.54, 1.807) is 48.5 Å². The highest BCUT2D eigenvalue weighted by Crippen LogP contribution is 2.28. The van der Waals surface area contributed by atoms with Gasteiger partial charge in [0.1, 0.15) is 17.3 Å². The molecule has 2 unspecified atom stereocenters. The highest BCUT2D eigenvalue weighted by Gasteiger charge is 2.28. The minimum atomic E-state index is -0.317. The summed E-state index contributed by atoms with van der Waals surface area (Å²) in [6.45, 7) is 1.03. The van der Waals surface area contributed by atoms with Crippen LogP contribution in [0.4, 0.5) is 0 Å². The molecule has 0 radical (unpaired) electrons. The van der Waals surface area contributed by atoms with Crippen LogP contribution in [0, 0.1) is 0 Å². The van der Waals surface area contributed by atoms with Crippen LogP contribution < -0.4 is 10.6 Å². The number of Topliss-reactive ketones (excluding diaryl/α,β-unsaturated/α-hetero) is 1. The lowest BCUT2D eigenvalue weighted by Crippen LogP contribution is -2.32. The maximum Gasteiger partial charge on any atom is 0.150 e. The first-order valence-corrected chi connectivity index (χ1v) is 7.97. The van der Waals surface area contributed by atoms with E-state index in [1.807, 2.05) is 14.1 Å². The van der Waals surface area contributed by atoms with Crippen molar-refractivity contribution < 1.29 is 15.0 Å². The third kappa shape index (κ3) is 4.34. The standard InChI is InChI=1S/C19H24N2O3/c1-20-11-17(13-3-7-15(22)8-4-13)19(24)18(12-21-2)14-5-9-16(23)10-6-14/h3-10,17-18,20-23H,11-12H2,1-2H3. The van der Waals surface area contributed by atoms with Crippen LogP contribution in [0.15, 0.2) is 48.5 Å². The minimum Gasteiger partial charge on any atom is -0.508 e. The van der Waals surface area contributed by atoms with Gasteiger partial charge in [-0.15, -0.1) is 0 Å². The number of hydrogen-bond donors (Lipinski definition) is 4. The molecule has 0 fully saturated rings. The number of phenolic OH excluding ortho intramolecular Hbond substituents is 2. The van der Waals surface area contributed by atoms with E-state index >= 15 is 0 Å². The fraction of sp³-hybridized carbons (Fsp3) is 0.316. The molecule has 0 amide bonds. The van der Waals surface area contributed by atoms with Crippen molar-refractivity contribution in [1.29, 1.82) is 0 Å². The fourth-order valence-corrected chi connectivity index (χ4v) is 2.83. The molecule has 24 heavy (non-hydrogen) atoms. The van der Waals surface area contributed by atoms with Crippen molar-refractivity contribution in [2.24, 2.45) is 0 Å². The molecule has 2 rings (SSSR count). The Morgan fingerprint density at radius 1 is 0.792 bits per heavy atom. The van der Waals surface area contributed by atoms with Gasteiger partial charge in [0.15, 0.2) is 0 Å². The molecule has 2 atom stereocenters. The molecule has 2 aromatic carbocycles. The summed E-state index contributed by atoms with van der Waals surface area (Å²) in [7, 11) is 3.63. The number of carbonyl (C=O) groups is 1. The van der Waals surface area contributed by atoms with Gasteiger partial charge in [0.05, 0.1) is 11.8 Å². The first-order valence-electron chi connectivity index (χ1n) is 7.97. The maximum absolute atomic E-state index is 13.2. The van der Waals surface area contributed by atoms with E-state index in [0.717, 1.165) is 11.1 Å². The lowest BCUT2D eigenvalue weighted by atomic mass is 9.83. The number of aromatic hydroxyl groups is 2. The quantitative estimate of drug-likeness (QED) is 0.596. The summed E-state index contributed by atoms with van der Waals surface area (Å²) in [4.78, 5) is 13.2. The third-order valence-electron chi connectivity index (χ3n) is 4.09. The van der Waals surface area contributed by atoms with Crippen LogP contribution in [0.3, 0.4) is 0 Å². The zero-order valence-electron chi connectivity index (χ0n) is 14.0. The number of phenols is 2. The Kier molecular flexibility index (Phi) is 6.35. The molecule has 0 aliphatic rings. The summed E-state index contributed by atoms with van der Waals surface area (Å²) in [5.41, 5.74) is 1.74. The van der Waals surface area contributed by atoms with Crippen molar-refractivity contribution in [3.63, 3.8) is 0 Å². The van der Waals surface area contributed by atoms with Crippen LogP contribution in [0.5, 0.6) is 11.5 Å². The monoisotopic (exact) mass is 328 g/mol. The average Bonchev–Trinajstić information content (AvgIpc) is 2.59. The lowest BCUT2D eigenvalue weighted by molar-refractivity contribution is -0.121. The summed E-state index contributed by atoms with van der Waals surface area (Å²) in [6, 6.07) is 13.5. The Labute approximate surface area is 142 Å². The van der Waals surface area contributed by atoms with Crippen molar-refractivity contribution >= 4 is 5.78 Å². The van der Waals surface area contributed by atoms with Gasteiger partial charge in [0.25, 0.3) is 0 Å². The van der Waals surface area contributed by atoms with Crippen molar-refractivity contribution in [2.45, 2.75) is 11.8 Å². The molecule has 4 N–H and O–H groups in total. The van der Waals surface area contributed by atoms with E-state index in [9.17, 15) is 15.0 Å². The second-order valence-corrected chi connectivity index (χ2v) is 5.81. The maximum atomic E-state index is 13.2. The van der Waals surface area contributed by atoms with Gasteiger partial charge in [-0.25, -0.2) is 0 Å². The van der Waals surface area contributed by atoms with Crippen molar-refractivity contribution in [3.05, 3.63) is 59.7 Å². The molecule has 0 bridgehead atoms. The van der Waals surface area contributed by atoms with Crippen LogP contribution in [-0.2, 0) is 4.79 Å². The van der Waals surface area contributed by atoms with Gasteiger partial charge in [-0.2, -0.15) is 0 Å². The van der Waals surface area contributed by atoms with Gasteiger partial charge >= 0.3 is 0 Å². The van der Waals surface area contributed by atoms with E-state index in [4.69, 9.17) is 0 Å². The van der Waals surface area contributed by atoms with Gasteiger partial charge in [-0.1, -0.05) is 24.3 Å². The Balaban J connectivity index is 2.33. The van der Waals surface area contributed by atoms with E-state index < -0.39 is 0 Å².